The number of rotatable bonds is 6. The van der Waals surface area contributed by atoms with Gasteiger partial charge in [0.25, 0.3) is 5.91 Å². The average Bonchev–Trinajstić information content (AvgIpc) is 2.67. The van der Waals surface area contributed by atoms with Crippen LogP contribution in [-0.4, -0.2) is 31.8 Å². The van der Waals surface area contributed by atoms with Crippen LogP contribution in [0.1, 0.15) is 21.5 Å². The summed E-state index contributed by atoms with van der Waals surface area (Å²) in [4.78, 5) is 34.8. The van der Waals surface area contributed by atoms with Crippen LogP contribution in [0.2, 0.25) is 0 Å². The molecule has 2 aromatic carbocycles. The number of hydrogen-bond donors (Lipinski definition) is 3. The van der Waals surface area contributed by atoms with Gasteiger partial charge in [-0.25, -0.2) is 0 Å². The Kier molecular flexibility index (Phi) is 6.68. The monoisotopic (exact) mass is 351 g/mol. The van der Waals surface area contributed by atoms with Crippen molar-refractivity contribution in [1.82, 2.24) is 10.6 Å². The van der Waals surface area contributed by atoms with Gasteiger partial charge in [0.2, 0.25) is 11.8 Å². The lowest BCUT2D eigenvalue weighted by Crippen LogP contribution is -2.19. The maximum absolute atomic E-state index is 12.0. The number of amides is 3. The number of hydrogen-bond acceptors (Lipinski definition) is 3. The molecule has 2 rings (SSSR count). The Balaban J connectivity index is 1.92. The smallest absolute Gasteiger partial charge is 0.251 e. The molecule has 6 heteroatoms. The summed E-state index contributed by atoms with van der Waals surface area (Å²) in [7, 11) is 3.17. The van der Waals surface area contributed by atoms with Crippen LogP contribution in [0.15, 0.2) is 54.6 Å². The molecule has 0 fully saturated rings. The van der Waals surface area contributed by atoms with Crippen molar-refractivity contribution in [3.8, 4) is 0 Å². The highest BCUT2D eigenvalue weighted by atomic mass is 16.2. The topological polar surface area (TPSA) is 87.3 Å². The molecule has 0 unspecified atom stereocenters. The lowest BCUT2D eigenvalue weighted by atomic mass is 10.1. The van der Waals surface area contributed by atoms with Gasteiger partial charge in [-0.3, -0.25) is 14.4 Å². The lowest BCUT2D eigenvalue weighted by Gasteiger charge is -2.04. The largest absolute Gasteiger partial charge is 0.359 e. The Morgan fingerprint density at radius 2 is 1.54 bits per heavy atom. The zero-order valence-corrected chi connectivity index (χ0v) is 14.7. The average molecular weight is 351 g/mol. The lowest BCUT2D eigenvalue weighted by molar-refractivity contribution is -0.120. The molecule has 6 nitrogen and oxygen atoms in total. The molecule has 26 heavy (non-hydrogen) atoms. The molecule has 0 atom stereocenters. The molecule has 0 bridgehead atoms. The summed E-state index contributed by atoms with van der Waals surface area (Å²) in [6.07, 6.45) is 3.40. The highest BCUT2D eigenvalue weighted by Crippen LogP contribution is 2.11. The van der Waals surface area contributed by atoms with E-state index in [0.717, 1.165) is 11.1 Å². The quantitative estimate of drug-likeness (QED) is 0.696. The van der Waals surface area contributed by atoms with Crippen molar-refractivity contribution in [2.24, 2.45) is 0 Å². The Morgan fingerprint density at radius 1 is 0.885 bits per heavy atom. The SMILES string of the molecule is CNC(=O)Cc1ccc(NC(=O)/C=C/c2ccc(C(=O)NC)cc2)cc1. The van der Waals surface area contributed by atoms with E-state index < -0.39 is 0 Å². The first-order valence-electron chi connectivity index (χ1n) is 8.12. The van der Waals surface area contributed by atoms with Crippen LogP contribution in [0.4, 0.5) is 5.69 Å². The summed E-state index contributed by atoms with van der Waals surface area (Å²) in [6.45, 7) is 0. The number of benzene rings is 2. The second-order valence-electron chi connectivity index (χ2n) is 5.57. The van der Waals surface area contributed by atoms with E-state index in [1.807, 2.05) is 0 Å². The van der Waals surface area contributed by atoms with Crippen molar-refractivity contribution in [3.05, 3.63) is 71.3 Å². The molecule has 134 valence electrons. The molecule has 0 radical (unpaired) electrons. The van der Waals surface area contributed by atoms with Crippen LogP contribution in [-0.2, 0) is 16.0 Å². The van der Waals surface area contributed by atoms with E-state index >= 15 is 0 Å². The number of nitrogens with one attached hydrogen (secondary N) is 3. The summed E-state index contributed by atoms with van der Waals surface area (Å²) >= 11 is 0. The van der Waals surface area contributed by atoms with Gasteiger partial charge < -0.3 is 16.0 Å². The highest BCUT2D eigenvalue weighted by molar-refractivity contribution is 6.02. The molecule has 0 saturated heterocycles. The third-order valence-corrected chi connectivity index (χ3v) is 3.69. The zero-order chi connectivity index (χ0) is 18.9. The van der Waals surface area contributed by atoms with E-state index in [2.05, 4.69) is 16.0 Å². The van der Waals surface area contributed by atoms with Gasteiger partial charge in [0.05, 0.1) is 6.42 Å². The van der Waals surface area contributed by atoms with Crippen LogP contribution in [0, 0.1) is 0 Å². The maximum atomic E-state index is 12.0. The van der Waals surface area contributed by atoms with E-state index in [4.69, 9.17) is 0 Å². The Bertz CT molecular complexity index is 809. The second kappa shape index (κ2) is 9.17. The van der Waals surface area contributed by atoms with Crippen LogP contribution in [0.25, 0.3) is 6.08 Å². The summed E-state index contributed by atoms with van der Waals surface area (Å²) in [5.41, 5.74) is 2.89. The minimum absolute atomic E-state index is 0.0628. The third-order valence-electron chi connectivity index (χ3n) is 3.69. The molecular formula is C20H21N3O3. The molecule has 0 aliphatic heterocycles. The van der Waals surface area contributed by atoms with Gasteiger partial charge in [-0.15, -0.1) is 0 Å². The Labute approximate surface area is 152 Å². The van der Waals surface area contributed by atoms with Gasteiger partial charge in [0.1, 0.15) is 0 Å². The van der Waals surface area contributed by atoms with Gasteiger partial charge in [-0.1, -0.05) is 24.3 Å². The molecular weight excluding hydrogens is 330 g/mol. The molecule has 0 aromatic heterocycles. The summed E-state index contributed by atoms with van der Waals surface area (Å²) < 4.78 is 0. The van der Waals surface area contributed by atoms with Gasteiger partial charge in [0, 0.05) is 31.4 Å². The fraction of sp³-hybridized carbons (Fsp3) is 0.150. The minimum Gasteiger partial charge on any atom is -0.359 e. The standard InChI is InChI=1S/C20H21N3O3/c1-21-19(25)13-15-5-10-17(11-6-15)23-18(24)12-7-14-3-8-16(9-4-14)20(26)22-2/h3-12H,13H2,1-2H3,(H,21,25)(H,22,26)(H,23,24)/b12-7+. The van der Waals surface area contributed by atoms with Crippen molar-refractivity contribution in [2.45, 2.75) is 6.42 Å². The van der Waals surface area contributed by atoms with Crippen LogP contribution >= 0.6 is 0 Å². The molecule has 0 saturated carbocycles. The predicted octanol–water partition coefficient (Wildman–Crippen LogP) is 1.99. The van der Waals surface area contributed by atoms with Crippen LogP contribution in [0.5, 0.6) is 0 Å². The van der Waals surface area contributed by atoms with Crippen molar-refractivity contribution < 1.29 is 14.4 Å². The number of carbonyl (C=O) groups is 3. The Morgan fingerprint density at radius 3 is 2.12 bits per heavy atom. The summed E-state index contributed by atoms with van der Waals surface area (Å²) in [5, 5.41) is 7.87. The van der Waals surface area contributed by atoms with Crippen LogP contribution in [0.3, 0.4) is 0 Å². The summed E-state index contributed by atoms with van der Waals surface area (Å²) in [6, 6.07) is 14.0. The van der Waals surface area contributed by atoms with E-state index in [0.29, 0.717) is 17.7 Å². The second-order valence-corrected chi connectivity index (χ2v) is 5.57. The maximum Gasteiger partial charge on any atom is 0.251 e. The van der Waals surface area contributed by atoms with Crippen LogP contribution < -0.4 is 16.0 Å². The van der Waals surface area contributed by atoms with E-state index in [9.17, 15) is 14.4 Å². The van der Waals surface area contributed by atoms with E-state index in [-0.39, 0.29) is 17.7 Å². The molecule has 0 aliphatic rings. The first-order chi connectivity index (χ1) is 12.5. The van der Waals surface area contributed by atoms with Gasteiger partial charge in [0.15, 0.2) is 0 Å². The fourth-order valence-corrected chi connectivity index (χ4v) is 2.23. The van der Waals surface area contributed by atoms with Gasteiger partial charge in [-0.05, 0) is 41.5 Å². The van der Waals surface area contributed by atoms with Crippen molar-refractivity contribution in [3.63, 3.8) is 0 Å². The normalized spacial score (nSPS) is 10.4. The number of carbonyl (C=O) groups excluding carboxylic acids is 3. The summed E-state index contributed by atoms with van der Waals surface area (Å²) in [5.74, 6) is -0.482. The molecule has 0 spiro atoms. The predicted molar refractivity (Wildman–Crippen MR) is 102 cm³/mol. The molecule has 3 N–H and O–H groups in total. The van der Waals surface area contributed by atoms with Crippen molar-refractivity contribution >= 4 is 29.5 Å². The third kappa shape index (κ3) is 5.59. The first-order valence-corrected chi connectivity index (χ1v) is 8.12. The fourth-order valence-electron chi connectivity index (χ4n) is 2.23. The Hall–Kier alpha value is -3.41. The zero-order valence-electron chi connectivity index (χ0n) is 14.7. The van der Waals surface area contributed by atoms with Crippen molar-refractivity contribution in [1.29, 1.82) is 0 Å². The van der Waals surface area contributed by atoms with Crippen molar-refractivity contribution in [2.75, 3.05) is 19.4 Å². The number of likely N-dealkylation sites (N-methyl/N-ethyl adjacent to an activating group) is 1. The number of anilines is 1. The molecule has 0 aliphatic carbocycles. The van der Waals surface area contributed by atoms with Gasteiger partial charge in [-0.2, -0.15) is 0 Å². The van der Waals surface area contributed by atoms with E-state index in [1.165, 1.54) is 6.08 Å². The first kappa shape index (κ1) is 18.9. The van der Waals surface area contributed by atoms with E-state index in [1.54, 1.807) is 68.7 Å². The highest BCUT2D eigenvalue weighted by Gasteiger charge is 2.03. The minimum atomic E-state index is -0.264. The van der Waals surface area contributed by atoms with Gasteiger partial charge >= 0.3 is 0 Å². The molecule has 0 heterocycles. The molecule has 3 amide bonds. The molecule has 2 aromatic rings.